The summed E-state index contributed by atoms with van der Waals surface area (Å²) in [6, 6.07) is 7.81. The summed E-state index contributed by atoms with van der Waals surface area (Å²) >= 11 is 11.9. The highest BCUT2D eigenvalue weighted by atomic mass is 35.5. The fraction of sp³-hybridized carbons (Fsp3) is 0.450. The number of rotatable bonds is 6. The molecule has 5 nitrogen and oxygen atoms in total. The highest BCUT2D eigenvalue weighted by Gasteiger charge is 2.32. The van der Waals surface area contributed by atoms with Crippen molar-refractivity contribution in [2.75, 3.05) is 44.2 Å². The second kappa shape index (κ2) is 10.0. The third-order valence-corrected chi connectivity index (χ3v) is 5.29. The Morgan fingerprint density at radius 1 is 1.10 bits per heavy atom. The molecule has 2 aromatic rings. The molecule has 1 fully saturated rings. The lowest BCUT2D eigenvalue weighted by molar-refractivity contribution is -0.137. The fourth-order valence-corrected chi connectivity index (χ4v) is 3.67. The zero-order valence-corrected chi connectivity index (χ0v) is 17.6. The molecule has 1 aromatic carbocycles. The van der Waals surface area contributed by atoms with Crippen molar-refractivity contribution in [1.29, 1.82) is 0 Å². The summed E-state index contributed by atoms with van der Waals surface area (Å²) in [5, 5.41) is 10.9. The number of hydrogen-bond acceptors (Lipinski definition) is 5. The van der Waals surface area contributed by atoms with Crippen molar-refractivity contribution in [2.45, 2.75) is 18.7 Å². The summed E-state index contributed by atoms with van der Waals surface area (Å²) in [6.07, 6.45) is -3.58. The molecule has 0 aliphatic carbocycles. The summed E-state index contributed by atoms with van der Waals surface area (Å²) in [5.74, 6) is 0.974. The van der Waals surface area contributed by atoms with E-state index in [4.69, 9.17) is 27.9 Å². The first kappa shape index (κ1) is 22.9. The number of aliphatic hydroxyl groups is 1. The van der Waals surface area contributed by atoms with Gasteiger partial charge in [0.25, 0.3) is 0 Å². The van der Waals surface area contributed by atoms with Crippen molar-refractivity contribution >= 4 is 29.0 Å². The maximum absolute atomic E-state index is 12.8. The monoisotopic (exact) mass is 463 g/mol. The number of hydrogen-bond donors (Lipinski definition) is 1. The first-order valence-electron chi connectivity index (χ1n) is 9.49. The first-order valence-corrected chi connectivity index (χ1v) is 10.2. The Morgan fingerprint density at radius 2 is 1.83 bits per heavy atom. The van der Waals surface area contributed by atoms with Crippen LogP contribution in [0.4, 0.5) is 19.0 Å². The highest BCUT2D eigenvalue weighted by Crippen LogP contribution is 2.33. The van der Waals surface area contributed by atoms with Crippen molar-refractivity contribution in [3.63, 3.8) is 0 Å². The fourth-order valence-electron chi connectivity index (χ4n) is 3.26. The number of anilines is 1. The second-order valence-corrected chi connectivity index (χ2v) is 7.93. The minimum Gasteiger partial charge on any atom is -0.491 e. The first-order chi connectivity index (χ1) is 14.2. The predicted molar refractivity (Wildman–Crippen MR) is 110 cm³/mol. The normalized spacial score (nSPS) is 16.9. The lowest BCUT2D eigenvalue weighted by atomic mass is 10.2. The van der Waals surface area contributed by atoms with Crippen LogP contribution in [-0.2, 0) is 6.18 Å². The van der Waals surface area contributed by atoms with Crippen LogP contribution in [0.25, 0.3) is 0 Å². The van der Waals surface area contributed by atoms with Gasteiger partial charge in [-0.05, 0) is 43.3 Å². The van der Waals surface area contributed by atoms with Gasteiger partial charge in [-0.15, -0.1) is 0 Å². The van der Waals surface area contributed by atoms with Gasteiger partial charge >= 0.3 is 6.18 Å². The Labute approximate surface area is 183 Å². The molecule has 1 unspecified atom stereocenters. The summed E-state index contributed by atoms with van der Waals surface area (Å²) in [6.45, 7) is 3.10. The van der Waals surface area contributed by atoms with E-state index in [9.17, 15) is 18.3 Å². The lowest BCUT2D eigenvalue weighted by Gasteiger charge is -2.25. The molecule has 1 aliphatic heterocycles. The van der Waals surface area contributed by atoms with Gasteiger partial charge in [-0.2, -0.15) is 13.2 Å². The molecule has 1 N–H and O–H groups in total. The zero-order valence-electron chi connectivity index (χ0n) is 16.1. The molecule has 2 heterocycles. The number of ether oxygens (including phenoxy) is 1. The summed E-state index contributed by atoms with van der Waals surface area (Å²) in [4.78, 5) is 7.91. The molecule has 0 bridgehead atoms. The maximum atomic E-state index is 12.8. The molecule has 1 aliphatic rings. The van der Waals surface area contributed by atoms with Gasteiger partial charge in [0.1, 0.15) is 24.3 Å². The molecule has 0 spiro atoms. The van der Waals surface area contributed by atoms with E-state index in [1.807, 2.05) is 4.90 Å². The molecule has 164 valence electrons. The van der Waals surface area contributed by atoms with E-state index in [0.717, 1.165) is 25.2 Å². The topological polar surface area (TPSA) is 48.8 Å². The molecule has 1 atom stereocenters. The molecule has 0 saturated carbocycles. The number of alkyl halides is 3. The van der Waals surface area contributed by atoms with Gasteiger partial charge in [-0.3, -0.25) is 4.90 Å². The van der Waals surface area contributed by atoms with Gasteiger partial charge in [0.2, 0.25) is 0 Å². The van der Waals surface area contributed by atoms with Gasteiger partial charge < -0.3 is 14.7 Å². The van der Waals surface area contributed by atoms with Crippen LogP contribution in [0.3, 0.4) is 0 Å². The van der Waals surface area contributed by atoms with Crippen LogP contribution in [0.15, 0.2) is 36.5 Å². The zero-order chi connectivity index (χ0) is 21.7. The summed E-state index contributed by atoms with van der Waals surface area (Å²) in [5.41, 5.74) is -0.864. The largest absolute Gasteiger partial charge is 0.491 e. The number of halogens is 5. The molecule has 0 amide bonds. The average Bonchev–Trinajstić information content (AvgIpc) is 2.92. The third-order valence-electron chi connectivity index (χ3n) is 4.76. The van der Waals surface area contributed by atoms with Crippen LogP contribution in [-0.4, -0.2) is 60.4 Å². The van der Waals surface area contributed by atoms with Gasteiger partial charge in [-0.1, -0.05) is 23.2 Å². The minimum absolute atomic E-state index is 0.0188. The number of aliphatic hydroxyl groups excluding tert-OH is 1. The van der Waals surface area contributed by atoms with E-state index in [-0.39, 0.29) is 11.6 Å². The smallest absolute Gasteiger partial charge is 0.417 e. The number of β-amino-alcohol motifs (C(OH)–C–C–N with tert-alkyl or cyclic N) is 1. The average molecular weight is 464 g/mol. The predicted octanol–water partition coefficient (Wildman–Crippen LogP) is 4.36. The summed E-state index contributed by atoms with van der Waals surface area (Å²) < 4.78 is 44.0. The van der Waals surface area contributed by atoms with Gasteiger partial charge in [-0.25, -0.2) is 4.98 Å². The highest BCUT2D eigenvalue weighted by molar-refractivity contribution is 6.33. The third kappa shape index (κ3) is 6.38. The van der Waals surface area contributed by atoms with Crippen molar-refractivity contribution in [1.82, 2.24) is 9.88 Å². The number of nitrogens with zero attached hydrogens (tertiary/aromatic N) is 3. The quantitative estimate of drug-likeness (QED) is 0.689. The van der Waals surface area contributed by atoms with E-state index in [1.165, 1.54) is 0 Å². The second-order valence-electron chi connectivity index (χ2n) is 7.09. The van der Waals surface area contributed by atoms with Crippen molar-refractivity contribution < 1.29 is 23.0 Å². The van der Waals surface area contributed by atoms with E-state index >= 15 is 0 Å². The van der Waals surface area contributed by atoms with Gasteiger partial charge in [0.15, 0.2) is 0 Å². The maximum Gasteiger partial charge on any atom is 0.417 e. The van der Waals surface area contributed by atoms with E-state index in [2.05, 4.69) is 9.88 Å². The van der Waals surface area contributed by atoms with Gasteiger partial charge in [0, 0.05) is 37.4 Å². The molecule has 1 aromatic heterocycles. The van der Waals surface area contributed by atoms with Gasteiger partial charge in [0.05, 0.1) is 10.6 Å². The molecule has 30 heavy (non-hydrogen) atoms. The van der Waals surface area contributed by atoms with Crippen molar-refractivity contribution in [3.05, 3.63) is 52.1 Å². The lowest BCUT2D eigenvalue weighted by Crippen LogP contribution is -2.38. The molecule has 1 saturated heterocycles. The Kier molecular flexibility index (Phi) is 7.68. The summed E-state index contributed by atoms with van der Waals surface area (Å²) in [7, 11) is 0. The van der Waals surface area contributed by atoms with Crippen LogP contribution < -0.4 is 9.64 Å². The SMILES string of the molecule is OC(COc1ccc(Cl)cc1)CN1CCCN(c2ncc(C(F)(F)F)cc2Cl)CC1. The molecular weight excluding hydrogens is 442 g/mol. The molecule has 10 heteroatoms. The molecule has 0 radical (unpaired) electrons. The van der Waals surface area contributed by atoms with E-state index in [0.29, 0.717) is 42.8 Å². The van der Waals surface area contributed by atoms with Crippen LogP contribution in [0.1, 0.15) is 12.0 Å². The van der Waals surface area contributed by atoms with Crippen LogP contribution in [0, 0.1) is 0 Å². The minimum atomic E-state index is -4.48. The molecular formula is C20H22Cl2F3N3O2. The van der Waals surface area contributed by atoms with Crippen LogP contribution in [0.2, 0.25) is 10.0 Å². The number of benzene rings is 1. The Hall–Kier alpha value is -1.74. The van der Waals surface area contributed by atoms with Crippen LogP contribution >= 0.6 is 23.2 Å². The number of aromatic nitrogens is 1. The van der Waals surface area contributed by atoms with Crippen molar-refractivity contribution in [2.24, 2.45) is 0 Å². The van der Waals surface area contributed by atoms with E-state index < -0.39 is 17.8 Å². The Morgan fingerprint density at radius 3 is 2.50 bits per heavy atom. The number of pyridine rings is 1. The van der Waals surface area contributed by atoms with Crippen LogP contribution in [0.5, 0.6) is 5.75 Å². The van der Waals surface area contributed by atoms with Crippen molar-refractivity contribution in [3.8, 4) is 5.75 Å². The molecule has 3 rings (SSSR count). The Bertz CT molecular complexity index is 837. The van der Waals surface area contributed by atoms with E-state index in [1.54, 1.807) is 24.3 Å². The standard InChI is InChI=1S/C20H22Cl2F3N3O2/c21-15-2-4-17(5-3-15)30-13-16(29)12-27-6-1-7-28(9-8-27)19-18(22)10-14(11-26-19)20(23,24)25/h2-5,10-11,16,29H,1,6-9,12-13H2. The Balaban J connectivity index is 1.51.